The van der Waals surface area contributed by atoms with Crippen LogP contribution < -0.4 is 4.74 Å². The van der Waals surface area contributed by atoms with Gasteiger partial charge in [-0.25, -0.2) is 0 Å². The number of carbonyl (C=O) groups is 4. The molecule has 12 heteroatoms. The molecule has 2 aliphatic heterocycles. The molecular weight excluding hydrogens is 620 g/mol. The molecule has 0 aliphatic carbocycles. The maximum Gasteiger partial charge on any atom is 0.306 e. The van der Waals surface area contributed by atoms with Gasteiger partial charge in [0.2, 0.25) is 11.9 Å². The lowest BCUT2D eigenvalue weighted by Gasteiger charge is -2.49. The first kappa shape index (κ1) is 35.2. The quantitative estimate of drug-likeness (QED) is 0.196. The van der Waals surface area contributed by atoms with Gasteiger partial charge in [0.15, 0.2) is 17.8 Å². The lowest BCUT2D eigenvalue weighted by Crippen LogP contribution is -2.68. The van der Waals surface area contributed by atoms with Gasteiger partial charge in [-0.2, -0.15) is 0 Å². The predicted molar refractivity (Wildman–Crippen MR) is 165 cm³/mol. The van der Waals surface area contributed by atoms with Gasteiger partial charge in [-0.05, 0) is 48.7 Å². The number of benzene rings is 2. The van der Waals surface area contributed by atoms with E-state index >= 15 is 0 Å². The molecule has 250 valence electrons. The van der Waals surface area contributed by atoms with Crippen molar-refractivity contribution >= 4 is 35.5 Å². The fourth-order valence-electron chi connectivity index (χ4n) is 5.45. The first-order valence-electron chi connectivity index (χ1n) is 15.6. The van der Waals surface area contributed by atoms with Gasteiger partial charge in [0.05, 0.1) is 13.2 Å². The van der Waals surface area contributed by atoms with Gasteiger partial charge in [-0.1, -0.05) is 57.5 Å². The summed E-state index contributed by atoms with van der Waals surface area (Å²) in [5, 5.41) is 0.469. The van der Waals surface area contributed by atoms with E-state index in [0.29, 0.717) is 29.2 Å². The van der Waals surface area contributed by atoms with Crippen molar-refractivity contribution in [3.63, 3.8) is 0 Å². The van der Waals surface area contributed by atoms with E-state index in [9.17, 15) is 19.2 Å². The Morgan fingerprint density at radius 2 is 1.41 bits per heavy atom. The lowest BCUT2D eigenvalue weighted by molar-refractivity contribution is -0.334. The Balaban J connectivity index is 1.85. The molecule has 2 saturated heterocycles. The second kappa shape index (κ2) is 15.3. The summed E-state index contributed by atoms with van der Waals surface area (Å²) in [5.74, 6) is -3.53. The molecule has 0 aromatic heterocycles. The molecule has 0 saturated carbocycles. The van der Waals surface area contributed by atoms with Crippen LogP contribution in [0, 0.1) is 0 Å². The summed E-state index contributed by atoms with van der Waals surface area (Å²) in [6, 6.07) is 12.7. The fraction of sp³-hybridized carbons (Fsp3) is 0.529. The van der Waals surface area contributed by atoms with Crippen LogP contribution in [0.5, 0.6) is 5.75 Å². The number of hydrogen-bond acceptors (Lipinski definition) is 11. The maximum atomic E-state index is 12.9. The second-order valence-corrected chi connectivity index (χ2v) is 11.4. The van der Waals surface area contributed by atoms with Crippen molar-refractivity contribution in [2.45, 2.75) is 96.4 Å². The van der Waals surface area contributed by atoms with E-state index in [4.69, 9.17) is 44.8 Å². The van der Waals surface area contributed by atoms with Gasteiger partial charge in [-0.3, -0.25) is 19.2 Å². The molecule has 0 amide bonds. The maximum absolute atomic E-state index is 12.9. The number of ether oxygens (including phenoxy) is 7. The van der Waals surface area contributed by atoms with Crippen LogP contribution >= 0.6 is 11.6 Å². The third-order valence-corrected chi connectivity index (χ3v) is 8.24. The van der Waals surface area contributed by atoms with E-state index in [1.54, 1.807) is 45.9 Å². The summed E-state index contributed by atoms with van der Waals surface area (Å²) in [5.41, 5.74) is 0.460. The molecule has 2 aliphatic rings. The molecule has 5 atom stereocenters. The first-order valence-corrected chi connectivity index (χ1v) is 16.0. The van der Waals surface area contributed by atoms with Crippen LogP contribution in [0.3, 0.4) is 0 Å². The first-order chi connectivity index (χ1) is 22.0. The van der Waals surface area contributed by atoms with Gasteiger partial charge in [0, 0.05) is 36.3 Å². The Labute approximate surface area is 273 Å². The van der Waals surface area contributed by atoms with Gasteiger partial charge in [-0.15, -0.1) is 0 Å². The largest absolute Gasteiger partial charge is 0.494 e. The normalized spacial score (nSPS) is 25.0. The van der Waals surface area contributed by atoms with Crippen LogP contribution in [0.2, 0.25) is 5.02 Å². The van der Waals surface area contributed by atoms with E-state index < -0.39 is 53.6 Å². The van der Waals surface area contributed by atoms with E-state index in [-0.39, 0.29) is 38.9 Å². The van der Waals surface area contributed by atoms with E-state index in [1.807, 2.05) is 31.2 Å². The molecule has 2 aromatic rings. The number of hydrogen-bond donors (Lipinski definition) is 0. The molecule has 0 unspecified atom stereocenters. The SMILES string of the molecule is CCOc1ccc(Cc2cc([C@]34OC[C@](COC(=O)CC)(O3)[C@@H](OC(=O)CC)[C@H](OC(=O)CC)[C@H]4OC(=O)CC)ccc2Cl)cc1. The number of esters is 4. The molecule has 0 N–H and O–H groups in total. The van der Waals surface area contributed by atoms with Gasteiger partial charge >= 0.3 is 23.9 Å². The van der Waals surface area contributed by atoms with Crippen LogP contribution in [-0.2, 0) is 59.8 Å². The van der Waals surface area contributed by atoms with Crippen molar-refractivity contribution in [1.82, 2.24) is 0 Å². The standard InChI is InChI=1S/C34H41ClO11/c1-6-26(36)41-19-33-20-42-34(46-33,23-13-16-25(35)22(18-23)17-21-11-14-24(15-12-21)40-10-5)32(45-29(39)9-4)30(43-27(37)7-2)31(33)44-28(38)8-3/h11-16,18,30-32H,6-10,17,19-20H2,1-5H3/t30-,31-,32+,33-,34-/m0/s1. The summed E-state index contributed by atoms with van der Waals surface area (Å²) < 4.78 is 41.9. The topological polar surface area (TPSA) is 133 Å². The van der Waals surface area contributed by atoms with Gasteiger partial charge < -0.3 is 33.2 Å². The van der Waals surface area contributed by atoms with Crippen LogP contribution in [0.4, 0.5) is 0 Å². The minimum absolute atomic E-state index is 0.00667. The molecular formula is C34H41ClO11. The van der Waals surface area contributed by atoms with E-state index in [2.05, 4.69) is 0 Å². The highest BCUT2D eigenvalue weighted by Crippen LogP contribution is 2.53. The molecule has 11 nitrogen and oxygen atoms in total. The average molecular weight is 661 g/mol. The molecule has 2 heterocycles. The van der Waals surface area contributed by atoms with E-state index in [0.717, 1.165) is 11.3 Å². The third kappa shape index (κ3) is 7.48. The van der Waals surface area contributed by atoms with Crippen molar-refractivity contribution in [2.24, 2.45) is 0 Å². The molecule has 46 heavy (non-hydrogen) atoms. The van der Waals surface area contributed by atoms with Crippen molar-refractivity contribution < 1.29 is 52.3 Å². The predicted octanol–water partition coefficient (Wildman–Crippen LogP) is 5.20. The summed E-state index contributed by atoms with van der Waals surface area (Å²) in [7, 11) is 0. The fourth-order valence-corrected chi connectivity index (χ4v) is 5.64. The zero-order valence-electron chi connectivity index (χ0n) is 26.8. The molecule has 0 spiro atoms. The molecule has 4 rings (SSSR count). The lowest BCUT2D eigenvalue weighted by atomic mass is 9.82. The highest BCUT2D eigenvalue weighted by molar-refractivity contribution is 6.31. The Kier molecular flexibility index (Phi) is 11.7. The molecule has 2 fully saturated rings. The number of fused-ring (bicyclic) bond motifs is 2. The van der Waals surface area contributed by atoms with E-state index in [1.165, 1.54) is 0 Å². The highest BCUT2D eigenvalue weighted by Gasteiger charge is 2.72. The third-order valence-electron chi connectivity index (χ3n) is 7.87. The van der Waals surface area contributed by atoms with Crippen LogP contribution in [0.1, 0.15) is 77.0 Å². The Morgan fingerprint density at radius 1 is 0.804 bits per heavy atom. The average Bonchev–Trinajstić information content (AvgIpc) is 3.43. The van der Waals surface area contributed by atoms with Gasteiger partial charge in [0.25, 0.3) is 0 Å². The second-order valence-electron chi connectivity index (χ2n) is 11.0. The van der Waals surface area contributed by atoms with Crippen molar-refractivity contribution in [3.05, 3.63) is 64.2 Å². The molecule has 2 aromatic carbocycles. The zero-order chi connectivity index (χ0) is 33.5. The molecule has 0 radical (unpaired) electrons. The summed E-state index contributed by atoms with van der Waals surface area (Å²) in [4.78, 5) is 50.8. The van der Waals surface area contributed by atoms with Crippen molar-refractivity contribution in [2.75, 3.05) is 19.8 Å². The summed E-state index contributed by atoms with van der Waals surface area (Å²) in [6.07, 6.45) is -3.66. The number of carbonyl (C=O) groups excluding carboxylic acids is 4. The van der Waals surface area contributed by atoms with Crippen molar-refractivity contribution in [3.8, 4) is 5.75 Å². The monoisotopic (exact) mass is 660 g/mol. The smallest absolute Gasteiger partial charge is 0.306 e. The van der Waals surface area contributed by atoms with Gasteiger partial charge in [0.1, 0.15) is 12.4 Å². The molecule has 2 bridgehead atoms. The van der Waals surface area contributed by atoms with Crippen LogP contribution in [0.15, 0.2) is 42.5 Å². The number of rotatable bonds is 14. The van der Waals surface area contributed by atoms with Crippen LogP contribution in [-0.4, -0.2) is 67.6 Å². The highest BCUT2D eigenvalue weighted by atomic mass is 35.5. The van der Waals surface area contributed by atoms with Crippen molar-refractivity contribution in [1.29, 1.82) is 0 Å². The number of halogens is 1. The Bertz CT molecular complexity index is 1410. The zero-order valence-corrected chi connectivity index (χ0v) is 27.6. The summed E-state index contributed by atoms with van der Waals surface area (Å²) >= 11 is 6.67. The Hall–Kier alpha value is -3.67. The summed E-state index contributed by atoms with van der Waals surface area (Å²) in [6.45, 7) is 8.28. The Morgan fingerprint density at radius 3 is 2.02 bits per heavy atom. The minimum atomic E-state index is -1.85. The minimum Gasteiger partial charge on any atom is -0.494 e. The van der Waals surface area contributed by atoms with Crippen LogP contribution in [0.25, 0.3) is 0 Å².